The van der Waals surface area contributed by atoms with Crippen molar-refractivity contribution >= 4 is 17.5 Å². The third kappa shape index (κ3) is 4.07. The lowest BCUT2D eigenvalue weighted by Crippen LogP contribution is -2.14. The van der Waals surface area contributed by atoms with E-state index in [0.717, 1.165) is 29.6 Å². The minimum absolute atomic E-state index is 0.157. The van der Waals surface area contributed by atoms with Crippen LogP contribution in [0, 0.1) is 0 Å². The summed E-state index contributed by atoms with van der Waals surface area (Å²) in [5, 5.41) is 4.36. The van der Waals surface area contributed by atoms with Gasteiger partial charge in [0.1, 0.15) is 0 Å². The Morgan fingerprint density at radius 2 is 1.74 bits per heavy atom. The summed E-state index contributed by atoms with van der Waals surface area (Å²) in [5.74, 6) is -0.716. The summed E-state index contributed by atoms with van der Waals surface area (Å²) in [7, 11) is 0. The molecule has 3 rings (SSSR count). The molecule has 2 aromatic rings. The van der Waals surface area contributed by atoms with Crippen molar-refractivity contribution in [3.05, 3.63) is 65.7 Å². The van der Waals surface area contributed by atoms with Crippen LogP contribution in [-0.2, 0) is 0 Å². The molecule has 0 saturated carbocycles. The molecule has 0 amide bonds. The van der Waals surface area contributed by atoms with Crippen LogP contribution in [0.2, 0.25) is 0 Å². The maximum absolute atomic E-state index is 12.3. The Labute approximate surface area is 136 Å². The third-order valence-corrected chi connectivity index (χ3v) is 4.66. The maximum atomic E-state index is 12.3. The number of alkyl halides is 3. The van der Waals surface area contributed by atoms with E-state index >= 15 is 0 Å². The van der Waals surface area contributed by atoms with Crippen molar-refractivity contribution < 1.29 is 13.2 Å². The Morgan fingerprint density at radius 3 is 2.39 bits per heavy atom. The van der Waals surface area contributed by atoms with Gasteiger partial charge in [-0.15, -0.1) is 11.8 Å². The van der Waals surface area contributed by atoms with E-state index in [2.05, 4.69) is 22.7 Å². The maximum Gasteiger partial charge on any atom is 0.398 e. The molecule has 0 aliphatic carbocycles. The minimum Gasteiger partial charge on any atom is -0.309 e. The van der Waals surface area contributed by atoms with Crippen molar-refractivity contribution in [3.63, 3.8) is 0 Å². The largest absolute Gasteiger partial charge is 0.398 e. The molecular weight excluding hydrogens is 321 g/mol. The van der Waals surface area contributed by atoms with Crippen molar-refractivity contribution in [3.8, 4) is 0 Å². The van der Waals surface area contributed by atoms with E-state index < -0.39 is 11.9 Å². The van der Waals surface area contributed by atoms with E-state index in [1.165, 1.54) is 5.56 Å². The van der Waals surface area contributed by atoms with E-state index in [-0.39, 0.29) is 5.92 Å². The van der Waals surface area contributed by atoms with Crippen molar-refractivity contribution in [1.29, 1.82) is 0 Å². The molecule has 0 spiro atoms. The van der Waals surface area contributed by atoms with Gasteiger partial charge < -0.3 is 5.43 Å². The first-order valence-corrected chi connectivity index (χ1v) is 8.17. The van der Waals surface area contributed by atoms with Crippen LogP contribution in [0.3, 0.4) is 0 Å². The quantitative estimate of drug-likeness (QED) is 0.835. The first kappa shape index (κ1) is 15.9. The van der Waals surface area contributed by atoms with Crippen molar-refractivity contribution in [2.75, 3.05) is 12.3 Å². The van der Waals surface area contributed by atoms with Crippen LogP contribution in [0.25, 0.3) is 0 Å². The van der Waals surface area contributed by atoms with Crippen molar-refractivity contribution in [2.45, 2.75) is 17.0 Å². The first-order chi connectivity index (χ1) is 11.0. The van der Waals surface area contributed by atoms with Crippen LogP contribution in [0.5, 0.6) is 0 Å². The summed E-state index contributed by atoms with van der Waals surface area (Å²) >= 11 is 0.795. The molecule has 1 N–H and O–H groups in total. The molecule has 0 bridgehead atoms. The number of rotatable bonds is 4. The summed E-state index contributed by atoms with van der Waals surface area (Å²) in [6.07, 6.45) is -4.15. The van der Waals surface area contributed by atoms with Gasteiger partial charge in [-0.3, -0.25) is 0 Å². The lowest BCUT2D eigenvalue weighted by Gasteiger charge is -2.13. The Hall–Kier alpha value is -1.95. The van der Waals surface area contributed by atoms with Crippen LogP contribution in [0.1, 0.15) is 17.0 Å². The average Bonchev–Trinajstić information content (AvgIpc) is 3.03. The van der Waals surface area contributed by atoms with Crippen LogP contribution < -0.4 is 5.43 Å². The second-order valence-corrected chi connectivity index (χ2v) is 6.30. The zero-order chi connectivity index (χ0) is 16.3. The molecule has 1 aliphatic heterocycles. The van der Waals surface area contributed by atoms with Crippen LogP contribution >= 0.6 is 11.8 Å². The number of thioether (sulfide) groups is 1. The zero-order valence-electron chi connectivity index (χ0n) is 12.2. The predicted octanol–water partition coefficient (Wildman–Crippen LogP) is 4.43. The van der Waals surface area contributed by atoms with Crippen molar-refractivity contribution in [1.82, 2.24) is 5.43 Å². The van der Waals surface area contributed by atoms with E-state index in [1.807, 2.05) is 30.3 Å². The van der Waals surface area contributed by atoms with E-state index in [4.69, 9.17) is 0 Å². The predicted molar refractivity (Wildman–Crippen MR) is 86.9 cm³/mol. The number of hydrogen-bond acceptors (Lipinski definition) is 3. The SMILES string of the molecule is FC(F)(F)CSc1ccc(C2=NNCC2c2ccccc2)cc1. The van der Waals surface area contributed by atoms with Crippen LogP contribution in [0.4, 0.5) is 13.2 Å². The number of hydrazone groups is 1. The third-order valence-electron chi connectivity index (χ3n) is 3.58. The Bertz CT molecular complexity index is 681. The van der Waals surface area contributed by atoms with Gasteiger partial charge in [-0.1, -0.05) is 42.5 Å². The van der Waals surface area contributed by atoms with Crippen LogP contribution in [0.15, 0.2) is 64.6 Å². The van der Waals surface area contributed by atoms with E-state index in [9.17, 15) is 13.2 Å². The fraction of sp³-hybridized carbons (Fsp3) is 0.235. The lowest BCUT2D eigenvalue weighted by atomic mass is 9.91. The average molecular weight is 336 g/mol. The molecule has 1 atom stereocenters. The molecule has 1 unspecified atom stereocenters. The van der Waals surface area contributed by atoms with Gasteiger partial charge in [-0.25, -0.2) is 0 Å². The highest BCUT2D eigenvalue weighted by molar-refractivity contribution is 7.99. The van der Waals surface area contributed by atoms with Gasteiger partial charge in [0.15, 0.2) is 0 Å². The summed E-state index contributed by atoms with van der Waals surface area (Å²) in [6, 6.07) is 17.2. The fourth-order valence-electron chi connectivity index (χ4n) is 2.51. The highest BCUT2D eigenvalue weighted by Crippen LogP contribution is 2.29. The monoisotopic (exact) mass is 336 g/mol. The molecule has 6 heteroatoms. The van der Waals surface area contributed by atoms with Gasteiger partial charge >= 0.3 is 6.18 Å². The van der Waals surface area contributed by atoms with E-state index in [0.29, 0.717) is 4.90 Å². The number of halogens is 3. The van der Waals surface area contributed by atoms with Gasteiger partial charge in [-0.2, -0.15) is 18.3 Å². The highest BCUT2D eigenvalue weighted by atomic mass is 32.2. The normalized spacial score (nSPS) is 17.7. The number of nitrogens with one attached hydrogen (secondary N) is 1. The second kappa shape index (κ2) is 6.66. The standard InChI is InChI=1S/C17H15F3N2S/c18-17(19,20)11-23-14-8-6-13(7-9-14)16-15(10-21-22-16)12-4-2-1-3-5-12/h1-9,15,21H,10-11H2. The van der Waals surface area contributed by atoms with Gasteiger partial charge in [0.05, 0.1) is 11.5 Å². The summed E-state index contributed by atoms with van der Waals surface area (Å²) < 4.78 is 36.8. The molecule has 1 aliphatic rings. The molecular formula is C17H15F3N2S. The van der Waals surface area contributed by atoms with Crippen LogP contribution in [-0.4, -0.2) is 24.2 Å². The molecule has 2 aromatic carbocycles. The Kier molecular flexibility index (Phi) is 4.61. The van der Waals surface area contributed by atoms with Gasteiger partial charge in [0.2, 0.25) is 0 Å². The Balaban J connectivity index is 1.74. The smallest absolute Gasteiger partial charge is 0.309 e. The van der Waals surface area contributed by atoms with Gasteiger partial charge in [0.25, 0.3) is 0 Å². The van der Waals surface area contributed by atoms with Gasteiger partial charge in [0, 0.05) is 17.4 Å². The molecule has 0 saturated heterocycles. The molecule has 2 nitrogen and oxygen atoms in total. The highest BCUT2D eigenvalue weighted by Gasteiger charge is 2.27. The number of hydrogen-bond donors (Lipinski definition) is 1. The van der Waals surface area contributed by atoms with Gasteiger partial charge in [-0.05, 0) is 23.3 Å². The molecule has 120 valence electrons. The summed E-state index contributed by atoms with van der Waals surface area (Å²) in [6.45, 7) is 0.726. The minimum atomic E-state index is -4.15. The topological polar surface area (TPSA) is 24.4 Å². The molecule has 0 fully saturated rings. The zero-order valence-corrected chi connectivity index (χ0v) is 13.0. The number of nitrogens with zero attached hydrogens (tertiary/aromatic N) is 1. The van der Waals surface area contributed by atoms with E-state index in [1.54, 1.807) is 12.1 Å². The summed E-state index contributed by atoms with van der Waals surface area (Å²) in [5.41, 5.74) is 6.04. The molecule has 23 heavy (non-hydrogen) atoms. The first-order valence-electron chi connectivity index (χ1n) is 7.18. The molecule has 0 radical (unpaired) electrons. The molecule has 1 heterocycles. The lowest BCUT2D eigenvalue weighted by molar-refractivity contribution is -0.105. The van der Waals surface area contributed by atoms with Crippen molar-refractivity contribution in [2.24, 2.45) is 5.10 Å². The fourth-order valence-corrected chi connectivity index (χ4v) is 3.17. The summed E-state index contributed by atoms with van der Waals surface area (Å²) in [4.78, 5) is 0.605. The second-order valence-electron chi connectivity index (χ2n) is 5.25. The number of benzene rings is 2. The molecule has 0 aromatic heterocycles. The Morgan fingerprint density at radius 1 is 1.04 bits per heavy atom.